The second-order valence-electron chi connectivity index (χ2n) is 6.87. The van der Waals surface area contributed by atoms with E-state index in [1.165, 1.54) is 11.1 Å². The summed E-state index contributed by atoms with van der Waals surface area (Å²) in [7, 11) is 6.56. The summed E-state index contributed by atoms with van der Waals surface area (Å²) >= 11 is 0. The van der Waals surface area contributed by atoms with Gasteiger partial charge < -0.3 is 29.4 Å². The number of imidazole rings is 1. The van der Waals surface area contributed by atoms with E-state index in [0.29, 0.717) is 36.3 Å². The van der Waals surface area contributed by atoms with Crippen LogP contribution in [0.2, 0.25) is 0 Å². The highest BCUT2D eigenvalue weighted by atomic mass is 127. The van der Waals surface area contributed by atoms with Gasteiger partial charge in [0.25, 0.3) is 0 Å². The maximum atomic E-state index is 5.42. The molecule has 0 aliphatic carbocycles. The SMILES string of the molecule is CN=C(NCc1cccc(Cn2ccnc2)c1)NCc1cc(OC)c(OC)c(OC)c1.I. The Bertz CT molecular complexity index is 984. The molecular formula is C23H30IN5O3. The molecule has 0 saturated heterocycles. The van der Waals surface area contributed by atoms with Crippen molar-refractivity contribution >= 4 is 29.9 Å². The van der Waals surface area contributed by atoms with E-state index in [1.807, 2.05) is 29.2 Å². The molecule has 1 heterocycles. The molecule has 9 heteroatoms. The Hall–Kier alpha value is -2.95. The van der Waals surface area contributed by atoms with Crippen LogP contribution in [-0.4, -0.2) is 43.9 Å². The highest BCUT2D eigenvalue weighted by Crippen LogP contribution is 2.38. The summed E-state index contributed by atoms with van der Waals surface area (Å²) in [5.74, 6) is 2.52. The van der Waals surface area contributed by atoms with Crippen molar-refractivity contribution < 1.29 is 14.2 Å². The average molecular weight is 551 g/mol. The molecule has 3 rings (SSSR count). The van der Waals surface area contributed by atoms with Crippen molar-refractivity contribution in [2.75, 3.05) is 28.4 Å². The van der Waals surface area contributed by atoms with Crippen LogP contribution >= 0.6 is 24.0 Å². The number of halogens is 1. The van der Waals surface area contributed by atoms with Gasteiger partial charge in [0.05, 0.1) is 27.7 Å². The van der Waals surface area contributed by atoms with Crippen LogP contribution in [0.4, 0.5) is 0 Å². The largest absolute Gasteiger partial charge is 0.493 e. The first kappa shape index (κ1) is 25.3. The first-order chi connectivity index (χ1) is 15.2. The van der Waals surface area contributed by atoms with Gasteiger partial charge in [-0.25, -0.2) is 4.98 Å². The molecule has 0 unspecified atom stereocenters. The number of methoxy groups -OCH3 is 3. The summed E-state index contributed by atoms with van der Waals surface area (Å²) in [5.41, 5.74) is 3.38. The number of rotatable bonds is 9. The predicted octanol–water partition coefficient (Wildman–Crippen LogP) is 3.44. The lowest BCUT2D eigenvalue weighted by Crippen LogP contribution is -2.36. The maximum absolute atomic E-state index is 5.42. The first-order valence-corrected chi connectivity index (χ1v) is 9.93. The van der Waals surface area contributed by atoms with Crippen molar-refractivity contribution in [2.45, 2.75) is 19.6 Å². The summed E-state index contributed by atoms with van der Waals surface area (Å²) < 4.78 is 18.3. The van der Waals surface area contributed by atoms with Gasteiger partial charge in [0.15, 0.2) is 17.5 Å². The van der Waals surface area contributed by atoms with Gasteiger partial charge in [-0.15, -0.1) is 24.0 Å². The van der Waals surface area contributed by atoms with Crippen molar-refractivity contribution in [3.05, 3.63) is 71.8 Å². The van der Waals surface area contributed by atoms with E-state index in [9.17, 15) is 0 Å². The standard InChI is InChI=1S/C23H29N5O3.HI/c1-24-23(27-14-19-11-20(29-2)22(31-4)21(12-19)30-3)26-13-17-6-5-7-18(10-17)15-28-9-8-25-16-28;/h5-12,16H,13-15H2,1-4H3,(H2,24,26,27);1H. The molecule has 0 atom stereocenters. The zero-order valence-electron chi connectivity index (χ0n) is 18.8. The average Bonchev–Trinajstić information content (AvgIpc) is 3.31. The van der Waals surface area contributed by atoms with E-state index in [1.54, 1.807) is 34.6 Å². The molecule has 0 amide bonds. The van der Waals surface area contributed by atoms with Crippen LogP contribution < -0.4 is 24.8 Å². The normalized spacial score (nSPS) is 10.8. The fourth-order valence-corrected chi connectivity index (χ4v) is 3.26. The lowest BCUT2D eigenvalue weighted by molar-refractivity contribution is 0.323. The lowest BCUT2D eigenvalue weighted by atomic mass is 10.1. The number of benzene rings is 2. The third kappa shape index (κ3) is 6.78. The van der Waals surface area contributed by atoms with Gasteiger partial charge in [-0.2, -0.15) is 0 Å². The summed E-state index contributed by atoms with van der Waals surface area (Å²) in [4.78, 5) is 8.41. The van der Waals surface area contributed by atoms with E-state index in [0.717, 1.165) is 12.1 Å². The van der Waals surface area contributed by atoms with Crippen molar-refractivity contribution in [1.29, 1.82) is 0 Å². The zero-order chi connectivity index (χ0) is 22.1. The summed E-state index contributed by atoms with van der Waals surface area (Å²) in [6.45, 7) is 2.01. The van der Waals surface area contributed by atoms with Crippen LogP contribution in [0.5, 0.6) is 17.2 Å². The molecule has 0 aliphatic heterocycles. The van der Waals surface area contributed by atoms with Crippen LogP contribution in [0.15, 0.2) is 60.1 Å². The number of nitrogens with zero attached hydrogens (tertiary/aromatic N) is 3. The van der Waals surface area contributed by atoms with Crippen molar-refractivity contribution in [3.63, 3.8) is 0 Å². The van der Waals surface area contributed by atoms with Gasteiger partial charge in [0, 0.05) is 39.1 Å². The predicted molar refractivity (Wildman–Crippen MR) is 136 cm³/mol. The highest BCUT2D eigenvalue weighted by molar-refractivity contribution is 14.0. The quantitative estimate of drug-likeness (QED) is 0.241. The monoisotopic (exact) mass is 551 g/mol. The Labute approximate surface area is 206 Å². The minimum Gasteiger partial charge on any atom is -0.493 e. The second-order valence-corrected chi connectivity index (χ2v) is 6.87. The van der Waals surface area contributed by atoms with E-state index in [-0.39, 0.29) is 24.0 Å². The van der Waals surface area contributed by atoms with Crippen molar-refractivity contribution in [2.24, 2.45) is 4.99 Å². The van der Waals surface area contributed by atoms with Crippen LogP contribution in [0, 0.1) is 0 Å². The number of hydrogen-bond acceptors (Lipinski definition) is 5. The van der Waals surface area contributed by atoms with Gasteiger partial charge in [0.2, 0.25) is 5.75 Å². The molecule has 1 aromatic heterocycles. The molecule has 8 nitrogen and oxygen atoms in total. The van der Waals surface area contributed by atoms with Crippen molar-refractivity contribution in [1.82, 2.24) is 20.2 Å². The molecular weight excluding hydrogens is 521 g/mol. The number of hydrogen-bond donors (Lipinski definition) is 2. The molecule has 32 heavy (non-hydrogen) atoms. The minimum atomic E-state index is 0. The number of guanidine groups is 1. The number of nitrogens with one attached hydrogen (secondary N) is 2. The highest BCUT2D eigenvalue weighted by Gasteiger charge is 2.13. The molecule has 0 spiro atoms. The summed E-state index contributed by atoms with van der Waals surface area (Å²) in [6, 6.07) is 12.3. The molecule has 0 fully saturated rings. The topological polar surface area (TPSA) is 81.9 Å². The van der Waals surface area contributed by atoms with E-state index in [2.05, 4.69) is 44.9 Å². The third-order valence-corrected chi connectivity index (χ3v) is 4.78. The third-order valence-electron chi connectivity index (χ3n) is 4.78. The fourth-order valence-electron chi connectivity index (χ4n) is 3.26. The van der Waals surface area contributed by atoms with Gasteiger partial charge >= 0.3 is 0 Å². The lowest BCUT2D eigenvalue weighted by Gasteiger charge is -2.16. The van der Waals surface area contributed by atoms with Crippen LogP contribution in [-0.2, 0) is 19.6 Å². The molecule has 2 aromatic carbocycles. The van der Waals surface area contributed by atoms with Crippen molar-refractivity contribution in [3.8, 4) is 17.2 Å². The summed E-state index contributed by atoms with van der Waals surface area (Å²) in [5, 5.41) is 6.68. The fraction of sp³-hybridized carbons (Fsp3) is 0.304. The zero-order valence-corrected chi connectivity index (χ0v) is 21.1. The van der Waals surface area contributed by atoms with Crippen LogP contribution in [0.3, 0.4) is 0 Å². The Balaban J connectivity index is 0.00000363. The van der Waals surface area contributed by atoms with Gasteiger partial charge in [-0.3, -0.25) is 4.99 Å². The molecule has 3 aromatic rings. The van der Waals surface area contributed by atoms with E-state index >= 15 is 0 Å². The van der Waals surface area contributed by atoms with Gasteiger partial charge in [-0.05, 0) is 28.8 Å². The Morgan fingerprint density at radius 2 is 1.59 bits per heavy atom. The second kappa shape index (κ2) is 12.8. The summed E-state index contributed by atoms with van der Waals surface area (Å²) in [6.07, 6.45) is 5.56. The molecule has 0 aliphatic rings. The van der Waals surface area contributed by atoms with Crippen LogP contribution in [0.25, 0.3) is 0 Å². The molecule has 0 radical (unpaired) electrons. The Morgan fingerprint density at radius 1 is 0.938 bits per heavy atom. The van der Waals surface area contributed by atoms with Crippen LogP contribution in [0.1, 0.15) is 16.7 Å². The molecule has 2 N–H and O–H groups in total. The Kier molecular flexibility index (Phi) is 10.1. The molecule has 0 saturated carbocycles. The minimum absolute atomic E-state index is 0. The van der Waals surface area contributed by atoms with E-state index in [4.69, 9.17) is 14.2 Å². The molecule has 172 valence electrons. The van der Waals surface area contributed by atoms with E-state index < -0.39 is 0 Å². The number of ether oxygens (including phenoxy) is 3. The Morgan fingerprint density at radius 3 is 2.16 bits per heavy atom. The number of aromatic nitrogens is 2. The van der Waals surface area contributed by atoms with Gasteiger partial charge in [-0.1, -0.05) is 24.3 Å². The number of aliphatic imine (C=N–C) groups is 1. The first-order valence-electron chi connectivity index (χ1n) is 9.93. The smallest absolute Gasteiger partial charge is 0.203 e. The maximum Gasteiger partial charge on any atom is 0.203 e. The van der Waals surface area contributed by atoms with Gasteiger partial charge in [0.1, 0.15) is 0 Å². The molecule has 0 bridgehead atoms.